The highest BCUT2D eigenvalue weighted by Gasteiger charge is 2.27. The summed E-state index contributed by atoms with van der Waals surface area (Å²) in [6, 6.07) is 0.235. The van der Waals surface area contributed by atoms with Crippen LogP contribution < -0.4 is 10.6 Å². The lowest BCUT2D eigenvalue weighted by Gasteiger charge is -2.19. The smallest absolute Gasteiger partial charge is 0.315 e. The third kappa shape index (κ3) is 4.90. The van der Waals surface area contributed by atoms with Gasteiger partial charge in [0.05, 0.1) is 0 Å². The molecule has 1 aromatic heterocycles. The summed E-state index contributed by atoms with van der Waals surface area (Å²) in [5.74, 6) is 1.66. The van der Waals surface area contributed by atoms with Gasteiger partial charge in [-0.15, -0.1) is 0 Å². The SMILES string of the molecule is CS[C@H]1CCC[C@@H]1NC(=O)NCCCc1nc(C(C)C)no1. The van der Waals surface area contributed by atoms with Crippen molar-refractivity contribution in [3.63, 3.8) is 0 Å². The van der Waals surface area contributed by atoms with Crippen LogP contribution in [0.1, 0.15) is 57.2 Å². The molecule has 2 atom stereocenters. The minimum absolute atomic E-state index is 0.0700. The molecule has 2 N–H and O–H groups in total. The van der Waals surface area contributed by atoms with E-state index in [2.05, 4.69) is 27.0 Å². The second-order valence-corrected chi connectivity index (χ2v) is 7.09. The number of aryl methyl sites for hydroxylation is 1. The number of carbonyl (C=O) groups excluding carboxylic acids is 1. The molecule has 1 fully saturated rings. The lowest BCUT2D eigenvalue weighted by molar-refractivity contribution is 0.237. The quantitative estimate of drug-likeness (QED) is 0.753. The monoisotopic (exact) mass is 326 g/mol. The van der Waals surface area contributed by atoms with Crippen LogP contribution in [0.3, 0.4) is 0 Å². The average Bonchev–Trinajstić information content (AvgIpc) is 3.12. The molecule has 1 aliphatic carbocycles. The lowest BCUT2D eigenvalue weighted by Crippen LogP contribution is -2.44. The molecule has 124 valence electrons. The minimum Gasteiger partial charge on any atom is -0.339 e. The highest BCUT2D eigenvalue weighted by molar-refractivity contribution is 7.99. The molecule has 1 aliphatic rings. The summed E-state index contributed by atoms with van der Waals surface area (Å²) in [6.07, 6.45) is 7.07. The maximum absolute atomic E-state index is 11.9. The Kier molecular flexibility index (Phi) is 6.54. The van der Waals surface area contributed by atoms with E-state index in [4.69, 9.17) is 4.52 Å². The second-order valence-electron chi connectivity index (χ2n) is 6.02. The van der Waals surface area contributed by atoms with Crippen LogP contribution in [-0.4, -0.2) is 40.3 Å². The summed E-state index contributed by atoms with van der Waals surface area (Å²) in [7, 11) is 0. The molecule has 0 aliphatic heterocycles. The van der Waals surface area contributed by atoms with Gasteiger partial charge in [0, 0.05) is 30.2 Å². The Morgan fingerprint density at radius 1 is 1.45 bits per heavy atom. The number of thioether (sulfide) groups is 1. The van der Waals surface area contributed by atoms with Gasteiger partial charge in [0.15, 0.2) is 5.82 Å². The minimum atomic E-state index is -0.0700. The van der Waals surface area contributed by atoms with E-state index in [1.54, 1.807) is 0 Å². The lowest BCUT2D eigenvalue weighted by atomic mass is 10.2. The zero-order valence-corrected chi connectivity index (χ0v) is 14.4. The first kappa shape index (κ1) is 17.1. The van der Waals surface area contributed by atoms with E-state index in [0.29, 0.717) is 30.1 Å². The van der Waals surface area contributed by atoms with Crippen LogP contribution in [0.25, 0.3) is 0 Å². The topological polar surface area (TPSA) is 80.0 Å². The van der Waals surface area contributed by atoms with Gasteiger partial charge in [-0.25, -0.2) is 4.79 Å². The van der Waals surface area contributed by atoms with E-state index >= 15 is 0 Å². The molecule has 0 saturated heterocycles. The molecule has 1 aromatic rings. The van der Waals surface area contributed by atoms with E-state index in [-0.39, 0.29) is 11.9 Å². The molecule has 0 spiro atoms. The Morgan fingerprint density at radius 3 is 2.95 bits per heavy atom. The van der Waals surface area contributed by atoms with E-state index in [0.717, 1.165) is 18.7 Å². The van der Waals surface area contributed by atoms with Crippen molar-refractivity contribution in [3.8, 4) is 0 Å². The molecule has 2 rings (SSSR count). The second kappa shape index (κ2) is 8.41. The Labute approximate surface area is 136 Å². The van der Waals surface area contributed by atoms with Crippen LogP contribution in [-0.2, 0) is 6.42 Å². The molecular weight excluding hydrogens is 300 g/mol. The van der Waals surface area contributed by atoms with Crippen molar-refractivity contribution >= 4 is 17.8 Å². The molecule has 7 heteroatoms. The molecule has 1 heterocycles. The van der Waals surface area contributed by atoms with Gasteiger partial charge >= 0.3 is 6.03 Å². The number of hydrogen-bond donors (Lipinski definition) is 2. The number of amides is 2. The van der Waals surface area contributed by atoms with Gasteiger partial charge < -0.3 is 15.2 Å². The number of carbonyl (C=O) groups is 1. The number of nitrogens with zero attached hydrogens (tertiary/aromatic N) is 2. The van der Waals surface area contributed by atoms with Gasteiger partial charge in [0.2, 0.25) is 5.89 Å². The Hall–Kier alpha value is -1.24. The first-order valence-electron chi connectivity index (χ1n) is 7.99. The Morgan fingerprint density at radius 2 is 2.27 bits per heavy atom. The third-order valence-corrected chi connectivity index (χ3v) is 5.09. The molecule has 0 bridgehead atoms. The number of hydrogen-bond acceptors (Lipinski definition) is 5. The van der Waals surface area contributed by atoms with Gasteiger partial charge in [0.1, 0.15) is 0 Å². The number of rotatable bonds is 7. The summed E-state index contributed by atoms with van der Waals surface area (Å²) in [5.41, 5.74) is 0. The fourth-order valence-electron chi connectivity index (χ4n) is 2.64. The van der Waals surface area contributed by atoms with Gasteiger partial charge in [-0.1, -0.05) is 25.4 Å². The van der Waals surface area contributed by atoms with Crippen molar-refractivity contribution in [3.05, 3.63) is 11.7 Å². The number of urea groups is 1. The van der Waals surface area contributed by atoms with Crippen LogP contribution in [0.4, 0.5) is 4.79 Å². The summed E-state index contributed by atoms with van der Waals surface area (Å²) < 4.78 is 5.18. The maximum atomic E-state index is 11.9. The summed E-state index contributed by atoms with van der Waals surface area (Å²) >= 11 is 1.84. The average molecular weight is 326 g/mol. The van der Waals surface area contributed by atoms with Crippen LogP contribution >= 0.6 is 11.8 Å². The zero-order chi connectivity index (χ0) is 15.9. The van der Waals surface area contributed by atoms with Crippen molar-refractivity contribution in [2.75, 3.05) is 12.8 Å². The first-order chi connectivity index (χ1) is 10.6. The van der Waals surface area contributed by atoms with Crippen LogP contribution in [0.2, 0.25) is 0 Å². The number of aromatic nitrogens is 2. The van der Waals surface area contributed by atoms with E-state index in [9.17, 15) is 4.79 Å². The van der Waals surface area contributed by atoms with E-state index in [1.807, 2.05) is 25.6 Å². The fourth-order valence-corrected chi connectivity index (χ4v) is 3.57. The molecule has 0 aromatic carbocycles. The van der Waals surface area contributed by atoms with Crippen molar-refractivity contribution < 1.29 is 9.32 Å². The number of nitrogens with one attached hydrogen (secondary N) is 2. The summed E-state index contributed by atoms with van der Waals surface area (Å²) in [5, 5.41) is 10.5. The van der Waals surface area contributed by atoms with E-state index in [1.165, 1.54) is 12.8 Å². The molecular formula is C15H26N4O2S. The van der Waals surface area contributed by atoms with Crippen molar-refractivity contribution in [1.29, 1.82) is 0 Å². The molecule has 22 heavy (non-hydrogen) atoms. The van der Waals surface area contributed by atoms with Gasteiger partial charge in [0.25, 0.3) is 0 Å². The first-order valence-corrected chi connectivity index (χ1v) is 9.28. The molecule has 0 radical (unpaired) electrons. The van der Waals surface area contributed by atoms with Gasteiger partial charge in [-0.2, -0.15) is 16.7 Å². The largest absolute Gasteiger partial charge is 0.339 e. The van der Waals surface area contributed by atoms with Crippen LogP contribution in [0, 0.1) is 0 Å². The Bertz CT molecular complexity index is 478. The third-order valence-electron chi connectivity index (χ3n) is 3.92. The molecule has 0 unspecified atom stereocenters. The molecule has 2 amide bonds. The van der Waals surface area contributed by atoms with Gasteiger partial charge in [-0.05, 0) is 25.5 Å². The predicted octanol–water partition coefficient (Wildman–Crippen LogP) is 2.71. The van der Waals surface area contributed by atoms with Crippen LogP contribution in [0.5, 0.6) is 0 Å². The highest BCUT2D eigenvalue weighted by atomic mass is 32.2. The Balaban J connectivity index is 1.62. The van der Waals surface area contributed by atoms with Crippen molar-refractivity contribution in [2.45, 2.75) is 63.2 Å². The van der Waals surface area contributed by atoms with Crippen molar-refractivity contribution in [2.24, 2.45) is 0 Å². The van der Waals surface area contributed by atoms with Crippen molar-refractivity contribution in [1.82, 2.24) is 20.8 Å². The summed E-state index contributed by atoms with van der Waals surface area (Å²) in [6.45, 7) is 4.68. The fraction of sp³-hybridized carbons (Fsp3) is 0.800. The standard InChI is InChI=1S/C15H26N4O2S/c1-10(2)14-18-13(21-19-14)8-5-9-16-15(20)17-11-6-4-7-12(11)22-3/h10-12H,4-9H2,1-3H3,(H2,16,17,20)/t11-,12-/m0/s1. The predicted molar refractivity (Wildman–Crippen MR) is 88.2 cm³/mol. The van der Waals surface area contributed by atoms with E-state index < -0.39 is 0 Å². The highest BCUT2D eigenvalue weighted by Crippen LogP contribution is 2.28. The molecule has 6 nitrogen and oxygen atoms in total. The molecule has 1 saturated carbocycles. The van der Waals surface area contributed by atoms with Crippen LogP contribution in [0.15, 0.2) is 4.52 Å². The summed E-state index contributed by atoms with van der Waals surface area (Å²) in [4.78, 5) is 16.2. The maximum Gasteiger partial charge on any atom is 0.315 e. The van der Waals surface area contributed by atoms with Gasteiger partial charge in [-0.3, -0.25) is 0 Å². The zero-order valence-electron chi connectivity index (χ0n) is 13.6. The normalized spacial score (nSPS) is 21.3.